The first kappa shape index (κ1) is 20.7. The number of ether oxygens (including phenoxy) is 1. The number of morpholine rings is 1. The Bertz CT molecular complexity index is 584. The summed E-state index contributed by atoms with van der Waals surface area (Å²) in [4.78, 5) is 16.8. The zero-order valence-corrected chi connectivity index (χ0v) is 17.3. The summed E-state index contributed by atoms with van der Waals surface area (Å²) in [5.74, 6) is 0.0498. The molecule has 5 heteroatoms. The van der Waals surface area contributed by atoms with Gasteiger partial charge in [-0.25, -0.2) is 0 Å². The quantitative estimate of drug-likeness (QED) is 0.846. The zero-order chi connectivity index (χ0) is 19.4. The van der Waals surface area contributed by atoms with Gasteiger partial charge in [-0.2, -0.15) is 0 Å². The van der Waals surface area contributed by atoms with Gasteiger partial charge in [0, 0.05) is 37.9 Å². The first-order chi connectivity index (χ1) is 12.1. The van der Waals surface area contributed by atoms with Crippen LogP contribution in [0.5, 0.6) is 0 Å². The number of hydrogen-bond donors (Lipinski definition) is 1. The fourth-order valence-corrected chi connectivity index (χ4v) is 3.17. The lowest BCUT2D eigenvalue weighted by molar-refractivity contribution is -0.120. The van der Waals surface area contributed by atoms with Crippen molar-refractivity contribution in [3.63, 3.8) is 0 Å². The van der Waals surface area contributed by atoms with Gasteiger partial charge in [-0.15, -0.1) is 0 Å². The average Bonchev–Trinajstić information content (AvgIpc) is 2.60. The number of hydrogen-bond acceptors (Lipinski definition) is 4. The average molecular weight is 362 g/mol. The Morgan fingerprint density at radius 3 is 2.23 bits per heavy atom. The van der Waals surface area contributed by atoms with Crippen LogP contribution in [-0.4, -0.2) is 62.8 Å². The maximum absolute atomic E-state index is 12.4. The van der Waals surface area contributed by atoms with Crippen LogP contribution in [0.25, 0.3) is 0 Å². The van der Waals surface area contributed by atoms with E-state index < -0.39 is 0 Å². The van der Waals surface area contributed by atoms with Gasteiger partial charge in [0.1, 0.15) is 0 Å². The van der Waals surface area contributed by atoms with E-state index in [1.165, 1.54) is 5.56 Å². The van der Waals surface area contributed by atoms with Crippen LogP contribution in [-0.2, 0) is 14.9 Å². The molecule has 0 atom stereocenters. The van der Waals surface area contributed by atoms with Crippen LogP contribution in [0.2, 0.25) is 0 Å². The van der Waals surface area contributed by atoms with Crippen LogP contribution in [0.1, 0.15) is 40.2 Å². The molecule has 0 saturated carbocycles. The van der Waals surface area contributed by atoms with E-state index >= 15 is 0 Å². The molecule has 0 unspecified atom stereocenters. The van der Waals surface area contributed by atoms with E-state index in [1.807, 2.05) is 11.9 Å². The highest BCUT2D eigenvalue weighted by Crippen LogP contribution is 2.24. The summed E-state index contributed by atoms with van der Waals surface area (Å²) >= 11 is 0. The normalized spacial score (nSPS) is 16.4. The second-order valence-electron chi connectivity index (χ2n) is 8.84. The smallest absolute Gasteiger partial charge is 0.239 e. The van der Waals surface area contributed by atoms with E-state index in [9.17, 15) is 4.79 Å². The third kappa shape index (κ3) is 5.71. The van der Waals surface area contributed by atoms with Crippen LogP contribution in [0.3, 0.4) is 0 Å². The molecule has 0 aromatic heterocycles. The molecule has 0 spiro atoms. The van der Waals surface area contributed by atoms with Gasteiger partial charge in [0.05, 0.1) is 19.8 Å². The number of carbonyl (C=O) groups excluding carboxylic acids is 1. The summed E-state index contributed by atoms with van der Waals surface area (Å²) in [7, 11) is 1.96. The lowest BCUT2D eigenvalue weighted by Gasteiger charge is -2.41. The molecule has 146 valence electrons. The maximum atomic E-state index is 12.4. The Kier molecular flexibility index (Phi) is 6.69. The Morgan fingerprint density at radius 1 is 1.12 bits per heavy atom. The van der Waals surface area contributed by atoms with Gasteiger partial charge in [-0.1, -0.05) is 32.9 Å². The van der Waals surface area contributed by atoms with Crippen LogP contribution in [0.15, 0.2) is 24.3 Å². The number of amides is 1. The number of likely N-dealkylation sites (N-methyl/N-ethyl adjacent to an activating group) is 1. The second-order valence-corrected chi connectivity index (χ2v) is 8.84. The summed E-state index contributed by atoms with van der Waals surface area (Å²) in [5.41, 5.74) is 2.43. The summed E-state index contributed by atoms with van der Waals surface area (Å²) < 4.78 is 5.42. The summed E-state index contributed by atoms with van der Waals surface area (Å²) in [6, 6.07) is 8.47. The standard InChI is InChI=1S/C21H35N3O2/c1-20(2,3)17-7-9-18(10-8-17)23(6)15-19(25)22-16-21(4,5)24-11-13-26-14-12-24/h7-10H,11-16H2,1-6H3,(H,22,25). The van der Waals surface area contributed by atoms with Gasteiger partial charge < -0.3 is 15.0 Å². The molecular weight excluding hydrogens is 326 g/mol. The lowest BCUT2D eigenvalue weighted by Crippen LogP contribution is -2.56. The molecule has 2 rings (SSSR count). The summed E-state index contributed by atoms with van der Waals surface area (Å²) in [5, 5.41) is 3.09. The number of rotatable bonds is 6. The van der Waals surface area contributed by atoms with Crippen molar-refractivity contribution in [2.24, 2.45) is 0 Å². The Balaban J connectivity index is 1.84. The third-order valence-corrected chi connectivity index (χ3v) is 5.14. The van der Waals surface area contributed by atoms with Crippen LogP contribution in [0, 0.1) is 0 Å². The number of benzene rings is 1. The maximum Gasteiger partial charge on any atom is 0.239 e. The minimum Gasteiger partial charge on any atom is -0.379 e. The van der Waals surface area contributed by atoms with E-state index in [1.54, 1.807) is 0 Å². The van der Waals surface area contributed by atoms with E-state index in [2.05, 4.69) is 69.1 Å². The van der Waals surface area contributed by atoms with Crippen molar-refractivity contribution in [2.45, 2.75) is 45.6 Å². The Morgan fingerprint density at radius 2 is 1.69 bits per heavy atom. The van der Waals surface area contributed by atoms with Crippen molar-refractivity contribution in [2.75, 3.05) is 51.3 Å². The van der Waals surface area contributed by atoms with Crippen LogP contribution >= 0.6 is 0 Å². The number of anilines is 1. The van der Waals surface area contributed by atoms with Gasteiger partial charge in [0.15, 0.2) is 0 Å². The molecule has 26 heavy (non-hydrogen) atoms. The number of nitrogens with one attached hydrogen (secondary N) is 1. The van der Waals surface area contributed by atoms with Gasteiger partial charge >= 0.3 is 0 Å². The van der Waals surface area contributed by atoms with Crippen molar-refractivity contribution in [1.29, 1.82) is 0 Å². The minimum atomic E-state index is -0.0631. The molecule has 1 aliphatic rings. The van der Waals surface area contributed by atoms with Gasteiger partial charge in [-0.05, 0) is 37.0 Å². The topological polar surface area (TPSA) is 44.8 Å². The molecule has 0 radical (unpaired) electrons. The highest BCUT2D eigenvalue weighted by Gasteiger charge is 2.28. The van der Waals surface area contributed by atoms with Crippen molar-refractivity contribution in [3.8, 4) is 0 Å². The van der Waals surface area contributed by atoms with Gasteiger partial charge in [-0.3, -0.25) is 9.69 Å². The van der Waals surface area contributed by atoms with Crippen molar-refractivity contribution < 1.29 is 9.53 Å². The van der Waals surface area contributed by atoms with E-state index in [-0.39, 0.29) is 16.9 Å². The van der Waals surface area contributed by atoms with Gasteiger partial charge in [0.25, 0.3) is 0 Å². The third-order valence-electron chi connectivity index (χ3n) is 5.14. The van der Waals surface area contributed by atoms with E-state index in [0.717, 1.165) is 32.0 Å². The highest BCUT2D eigenvalue weighted by molar-refractivity contribution is 5.81. The monoisotopic (exact) mass is 361 g/mol. The van der Waals surface area contributed by atoms with E-state index in [0.29, 0.717) is 13.1 Å². The molecule has 1 aromatic carbocycles. The van der Waals surface area contributed by atoms with Gasteiger partial charge in [0.2, 0.25) is 5.91 Å². The number of nitrogens with zero attached hydrogens (tertiary/aromatic N) is 2. The molecule has 1 aliphatic heterocycles. The minimum absolute atomic E-state index is 0.0498. The molecule has 1 heterocycles. The molecule has 1 saturated heterocycles. The molecule has 1 amide bonds. The molecule has 1 aromatic rings. The van der Waals surface area contributed by atoms with Crippen molar-refractivity contribution in [3.05, 3.63) is 29.8 Å². The molecule has 0 bridgehead atoms. The van der Waals surface area contributed by atoms with Crippen LogP contribution in [0.4, 0.5) is 5.69 Å². The predicted molar refractivity (Wildman–Crippen MR) is 108 cm³/mol. The second kappa shape index (κ2) is 8.40. The zero-order valence-electron chi connectivity index (χ0n) is 17.3. The molecule has 5 nitrogen and oxygen atoms in total. The first-order valence-electron chi connectivity index (χ1n) is 9.51. The summed E-state index contributed by atoms with van der Waals surface area (Å²) in [6.07, 6.45) is 0. The summed E-state index contributed by atoms with van der Waals surface area (Å²) in [6.45, 7) is 15.3. The predicted octanol–water partition coefficient (Wildman–Crippen LogP) is 2.65. The fourth-order valence-electron chi connectivity index (χ4n) is 3.17. The van der Waals surface area contributed by atoms with Crippen LogP contribution < -0.4 is 10.2 Å². The van der Waals surface area contributed by atoms with Crippen molar-refractivity contribution >= 4 is 11.6 Å². The highest BCUT2D eigenvalue weighted by atomic mass is 16.5. The first-order valence-corrected chi connectivity index (χ1v) is 9.51. The Hall–Kier alpha value is -1.59. The molecule has 1 N–H and O–H groups in total. The Labute approximate surface area is 158 Å². The van der Waals surface area contributed by atoms with E-state index in [4.69, 9.17) is 4.74 Å². The fraction of sp³-hybridized carbons (Fsp3) is 0.667. The lowest BCUT2D eigenvalue weighted by atomic mass is 9.87. The molecular formula is C21H35N3O2. The van der Waals surface area contributed by atoms with Crippen molar-refractivity contribution in [1.82, 2.24) is 10.2 Å². The molecule has 0 aliphatic carbocycles. The molecule has 1 fully saturated rings. The SMILES string of the molecule is CN(CC(=O)NCC(C)(C)N1CCOCC1)c1ccc(C(C)(C)C)cc1. The number of carbonyl (C=O) groups is 1. The largest absolute Gasteiger partial charge is 0.379 e.